The summed E-state index contributed by atoms with van der Waals surface area (Å²) in [4.78, 5) is 12.2. The highest BCUT2D eigenvalue weighted by atomic mass is 79.9. The number of nitrogens with one attached hydrogen (secondary N) is 1. The summed E-state index contributed by atoms with van der Waals surface area (Å²) in [7, 11) is 0. The molecule has 0 fully saturated rings. The number of hydrogen-bond donors (Lipinski definition) is 1. The van der Waals surface area contributed by atoms with Gasteiger partial charge < -0.3 is 9.47 Å². The van der Waals surface area contributed by atoms with Crippen LogP contribution in [-0.2, 0) is 6.61 Å². The van der Waals surface area contributed by atoms with E-state index in [9.17, 15) is 4.79 Å². The van der Waals surface area contributed by atoms with Gasteiger partial charge in [0.05, 0.1) is 12.8 Å². The fraction of sp³-hybridized carbons (Fsp3) is 0.167. The predicted molar refractivity (Wildman–Crippen MR) is 130 cm³/mol. The van der Waals surface area contributed by atoms with Crippen LogP contribution in [0, 0.1) is 6.92 Å². The molecule has 3 aromatic rings. The molecule has 0 aliphatic heterocycles. The standard InChI is InChI=1S/C24H22Br2N2O3/c1-3-30-22-12-19(14-27-28-24(29)18-8-4-16(2)5-9-18)21(26)13-23(22)31-15-17-6-10-20(25)11-7-17/h4-14H,3,15H2,1-2H3,(H,28,29)/b27-14-. The van der Waals surface area contributed by atoms with Crippen molar-refractivity contribution >= 4 is 44.0 Å². The maximum absolute atomic E-state index is 12.2. The van der Waals surface area contributed by atoms with Crippen molar-refractivity contribution in [1.82, 2.24) is 5.43 Å². The second-order valence-electron chi connectivity index (χ2n) is 6.73. The second-order valence-corrected chi connectivity index (χ2v) is 8.50. The fourth-order valence-electron chi connectivity index (χ4n) is 2.70. The molecular formula is C24H22Br2N2O3. The van der Waals surface area contributed by atoms with Crippen molar-refractivity contribution in [2.75, 3.05) is 6.61 Å². The lowest BCUT2D eigenvalue weighted by Gasteiger charge is -2.14. The topological polar surface area (TPSA) is 59.9 Å². The molecule has 0 unspecified atom stereocenters. The average Bonchev–Trinajstić information content (AvgIpc) is 2.76. The van der Waals surface area contributed by atoms with Gasteiger partial charge in [0.2, 0.25) is 0 Å². The Hall–Kier alpha value is -2.64. The fourth-order valence-corrected chi connectivity index (χ4v) is 3.39. The summed E-state index contributed by atoms with van der Waals surface area (Å²) < 4.78 is 13.5. The highest BCUT2D eigenvalue weighted by molar-refractivity contribution is 9.10. The quantitative estimate of drug-likeness (QED) is 0.268. The lowest BCUT2D eigenvalue weighted by atomic mass is 10.1. The number of rotatable bonds is 8. The Morgan fingerprint density at radius 3 is 2.35 bits per heavy atom. The maximum atomic E-state index is 12.2. The molecule has 0 aliphatic carbocycles. The minimum absolute atomic E-state index is 0.271. The first kappa shape index (κ1) is 23.0. The van der Waals surface area contributed by atoms with Crippen molar-refractivity contribution in [1.29, 1.82) is 0 Å². The molecule has 3 aromatic carbocycles. The van der Waals surface area contributed by atoms with Crippen LogP contribution >= 0.6 is 31.9 Å². The Kier molecular flexibility index (Phi) is 8.26. The third kappa shape index (κ3) is 6.67. The smallest absolute Gasteiger partial charge is 0.271 e. The number of benzene rings is 3. The summed E-state index contributed by atoms with van der Waals surface area (Å²) in [5.41, 5.74) is 5.99. The molecule has 0 heterocycles. The first-order chi connectivity index (χ1) is 15.0. The number of amides is 1. The van der Waals surface area contributed by atoms with E-state index in [1.54, 1.807) is 18.3 Å². The van der Waals surface area contributed by atoms with E-state index in [0.29, 0.717) is 30.3 Å². The van der Waals surface area contributed by atoms with Gasteiger partial charge in [0, 0.05) is 20.1 Å². The van der Waals surface area contributed by atoms with E-state index in [2.05, 4.69) is 42.4 Å². The van der Waals surface area contributed by atoms with Crippen molar-refractivity contribution in [3.8, 4) is 11.5 Å². The summed E-state index contributed by atoms with van der Waals surface area (Å²) in [6.45, 7) is 4.80. The van der Waals surface area contributed by atoms with E-state index >= 15 is 0 Å². The van der Waals surface area contributed by atoms with Crippen LogP contribution in [0.25, 0.3) is 0 Å². The highest BCUT2D eigenvalue weighted by Gasteiger charge is 2.11. The molecular weight excluding hydrogens is 524 g/mol. The summed E-state index contributed by atoms with van der Waals surface area (Å²) in [5, 5.41) is 4.08. The van der Waals surface area contributed by atoms with Crippen LogP contribution in [0.5, 0.6) is 11.5 Å². The molecule has 0 saturated carbocycles. The van der Waals surface area contributed by atoms with Crippen molar-refractivity contribution < 1.29 is 14.3 Å². The molecule has 7 heteroatoms. The van der Waals surface area contributed by atoms with Crippen LogP contribution in [0.4, 0.5) is 0 Å². The van der Waals surface area contributed by atoms with Gasteiger partial charge in [-0.3, -0.25) is 4.79 Å². The Morgan fingerprint density at radius 2 is 1.68 bits per heavy atom. The average molecular weight is 546 g/mol. The zero-order valence-electron chi connectivity index (χ0n) is 17.2. The maximum Gasteiger partial charge on any atom is 0.271 e. The van der Waals surface area contributed by atoms with Crippen LogP contribution < -0.4 is 14.9 Å². The molecule has 31 heavy (non-hydrogen) atoms. The Labute approximate surface area is 198 Å². The van der Waals surface area contributed by atoms with Gasteiger partial charge >= 0.3 is 0 Å². The first-order valence-corrected chi connectivity index (χ1v) is 11.3. The SMILES string of the molecule is CCOc1cc(/C=N\NC(=O)c2ccc(C)cc2)c(Br)cc1OCc1ccc(Br)cc1. The molecule has 0 aliphatic rings. The van der Waals surface area contributed by atoms with Gasteiger partial charge in [-0.1, -0.05) is 45.8 Å². The number of carbonyl (C=O) groups is 1. The number of hydrazone groups is 1. The summed E-state index contributed by atoms with van der Waals surface area (Å²) in [6, 6.07) is 18.9. The molecule has 1 N–H and O–H groups in total. The predicted octanol–water partition coefficient (Wildman–Crippen LogP) is 6.26. The van der Waals surface area contributed by atoms with E-state index < -0.39 is 0 Å². The van der Waals surface area contributed by atoms with E-state index in [1.165, 1.54) is 0 Å². The van der Waals surface area contributed by atoms with Crippen LogP contribution in [0.3, 0.4) is 0 Å². The third-order valence-electron chi connectivity index (χ3n) is 4.35. The second kappa shape index (κ2) is 11.1. The van der Waals surface area contributed by atoms with Gasteiger partial charge in [0.15, 0.2) is 11.5 Å². The molecule has 0 spiro atoms. The molecule has 5 nitrogen and oxygen atoms in total. The Balaban J connectivity index is 1.71. The van der Waals surface area contributed by atoms with Gasteiger partial charge in [-0.25, -0.2) is 5.43 Å². The number of carbonyl (C=O) groups excluding carboxylic acids is 1. The molecule has 0 aromatic heterocycles. The van der Waals surface area contributed by atoms with Gasteiger partial charge in [-0.2, -0.15) is 5.10 Å². The molecule has 1 amide bonds. The van der Waals surface area contributed by atoms with Gasteiger partial charge in [0.1, 0.15) is 6.61 Å². The molecule has 0 atom stereocenters. The van der Waals surface area contributed by atoms with E-state index in [0.717, 1.165) is 25.6 Å². The van der Waals surface area contributed by atoms with Crippen molar-refractivity contribution in [3.05, 3.63) is 91.9 Å². The minimum atomic E-state index is -0.271. The Bertz CT molecular complexity index is 1070. The number of nitrogens with zero attached hydrogens (tertiary/aromatic N) is 1. The molecule has 0 saturated heterocycles. The first-order valence-electron chi connectivity index (χ1n) is 9.70. The van der Waals surface area contributed by atoms with E-state index in [4.69, 9.17) is 9.47 Å². The lowest BCUT2D eigenvalue weighted by Crippen LogP contribution is -2.17. The minimum Gasteiger partial charge on any atom is -0.490 e. The number of halogens is 2. The van der Waals surface area contributed by atoms with Crippen molar-refractivity contribution in [2.24, 2.45) is 5.10 Å². The van der Waals surface area contributed by atoms with Gasteiger partial charge in [-0.15, -0.1) is 0 Å². The molecule has 0 radical (unpaired) electrons. The largest absolute Gasteiger partial charge is 0.490 e. The molecule has 0 bridgehead atoms. The van der Waals surface area contributed by atoms with E-state index in [-0.39, 0.29) is 5.91 Å². The zero-order valence-corrected chi connectivity index (χ0v) is 20.4. The summed E-state index contributed by atoms with van der Waals surface area (Å²) in [6.07, 6.45) is 1.57. The Morgan fingerprint density at radius 1 is 1.00 bits per heavy atom. The van der Waals surface area contributed by atoms with Crippen LogP contribution in [0.1, 0.15) is 34.0 Å². The summed E-state index contributed by atoms with van der Waals surface area (Å²) in [5.74, 6) is 0.957. The van der Waals surface area contributed by atoms with Crippen LogP contribution in [-0.4, -0.2) is 18.7 Å². The number of ether oxygens (including phenoxy) is 2. The zero-order chi connectivity index (χ0) is 22.2. The van der Waals surface area contributed by atoms with Gasteiger partial charge in [-0.05, 0) is 71.7 Å². The molecule has 160 valence electrons. The van der Waals surface area contributed by atoms with Crippen molar-refractivity contribution in [2.45, 2.75) is 20.5 Å². The highest BCUT2D eigenvalue weighted by Crippen LogP contribution is 2.34. The number of aryl methyl sites for hydroxylation is 1. The third-order valence-corrected chi connectivity index (χ3v) is 5.57. The lowest BCUT2D eigenvalue weighted by molar-refractivity contribution is 0.0955. The normalized spacial score (nSPS) is 10.8. The van der Waals surface area contributed by atoms with Crippen LogP contribution in [0.15, 0.2) is 74.7 Å². The van der Waals surface area contributed by atoms with Gasteiger partial charge in [0.25, 0.3) is 5.91 Å². The molecule has 3 rings (SSSR count). The number of hydrogen-bond acceptors (Lipinski definition) is 4. The van der Waals surface area contributed by atoms with Crippen molar-refractivity contribution in [3.63, 3.8) is 0 Å². The van der Waals surface area contributed by atoms with Crippen LogP contribution in [0.2, 0.25) is 0 Å². The summed E-state index contributed by atoms with van der Waals surface area (Å²) >= 11 is 6.97. The monoisotopic (exact) mass is 544 g/mol. The van der Waals surface area contributed by atoms with E-state index in [1.807, 2.05) is 62.4 Å².